The molecule has 1 aromatic carbocycles. The van der Waals surface area contributed by atoms with Crippen LogP contribution in [0.2, 0.25) is 0 Å². The highest BCUT2D eigenvalue weighted by Gasteiger charge is 2.23. The maximum Gasteiger partial charge on any atom is 0.227 e. The summed E-state index contributed by atoms with van der Waals surface area (Å²) in [6, 6.07) is 10.7. The van der Waals surface area contributed by atoms with E-state index in [1.54, 1.807) is 11.3 Å². The first-order valence-electron chi connectivity index (χ1n) is 7.93. The van der Waals surface area contributed by atoms with Gasteiger partial charge in [0.05, 0.1) is 17.6 Å². The summed E-state index contributed by atoms with van der Waals surface area (Å²) in [4.78, 5) is 19.7. The van der Waals surface area contributed by atoms with E-state index in [1.165, 1.54) is 5.56 Å². The second-order valence-corrected chi connectivity index (χ2v) is 6.99. The van der Waals surface area contributed by atoms with Crippen molar-refractivity contribution in [2.75, 3.05) is 13.1 Å². The van der Waals surface area contributed by atoms with Gasteiger partial charge in [-0.2, -0.15) is 0 Å². The van der Waals surface area contributed by atoms with Gasteiger partial charge in [-0.05, 0) is 37.7 Å². The van der Waals surface area contributed by atoms with Crippen LogP contribution in [0.4, 0.5) is 0 Å². The third-order valence-corrected chi connectivity index (χ3v) is 5.43. The van der Waals surface area contributed by atoms with Crippen LogP contribution in [0, 0.1) is 12.8 Å². The Morgan fingerprint density at radius 3 is 2.64 bits per heavy atom. The maximum atomic E-state index is 12.4. The smallest absolute Gasteiger partial charge is 0.227 e. The molecule has 0 aliphatic carbocycles. The van der Waals surface area contributed by atoms with E-state index in [0.29, 0.717) is 12.3 Å². The number of hydrogen-bond acceptors (Lipinski definition) is 3. The van der Waals surface area contributed by atoms with E-state index in [-0.39, 0.29) is 5.91 Å². The van der Waals surface area contributed by atoms with Gasteiger partial charge in [0.25, 0.3) is 0 Å². The Morgan fingerprint density at radius 1 is 1.27 bits per heavy atom. The molecule has 1 aliphatic rings. The summed E-state index contributed by atoms with van der Waals surface area (Å²) in [5.74, 6) is 0.960. The van der Waals surface area contributed by atoms with Crippen molar-refractivity contribution in [2.24, 2.45) is 5.92 Å². The van der Waals surface area contributed by atoms with Crippen LogP contribution >= 0.6 is 11.3 Å². The number of thiazole rings is 1. The summed E-state index contributed by atoms with van der Waals surface area (Å²) in [7, 11) is 0. The van der Waals surface area contributed by atoms with Crippen molar-refractivity contribution < 1.29 is 4.79 Å². The van der Waals surface area contributed by atoms with E-state index in [1.807, 2.05) is 17.3 Å². The van der Waals surface area contributed by atoms with Gasteiger partial charge in [-0.1, -0.05) is 30.3 Å². The summed E-state index contributed by atoms with van der Waals surface area (Å²) in [6.07, 6.45) is 3.88. The van der Waals surface area contributed by atoms with Crippen LogP contribution in [-0.4, -0.2) is 28.9 Å². The molecule has 1 amide bonds. The molecule has 4 heteroatoms. The van der Waals surface area contributed by atoms with Crippen molar-refractivity contribution in [1.29, 1.82) is 0 Å². The fourth-order valence-electron chi connectivity index (χ4n) is 3.08. The van der Waals surface area contributed by atoms with Crippen molar-refractivity contribution in [3.63, 3.8) is 0 Å². The average Bonchev–Trinajstić information content (AvgIpc) is 2.94. The Labute approximate surface area is 136 Å². The summed E-state index contributed by atoms with van der Waals surface area (Å²) in [5.41, 5.74) is 4.23. The lowest BCUT2D eigenvalue weighted by atomic mass is 9.90. The number of aryl methyl sites for hydroxylation is 1. The molecule has 1 aliphatic heterocycles. The minimum atomic E-state index is 0.255. The number of carbonyl (C=O) groups is 1. The lowest BCUT2D eigenvalue weighted by Gasteiger charge is -2.32. The summed E-state index contributed by atoms with van der Waals surface area (Å²) >= 11 is 1.59. The van der Waals surface area contributed by atoms with Gasteiger partial charge in [0.2, 0.25) is 5.91 Å². The third-order valence-electron chi connectivity index (χ3n) is 4.49. The van der Waals surface area contributed by atoms with Crippen LogP contribution in [-0.2, 0) is 17.6 Å². The Morgan fingerprint density at radius 2 is 2.00 bits per heavy atom. The minimum Gasteiger partial charge on any atom is -0.342 e. The quantitative estimate of drug-likeness (QED) is 0.865. The molecule has 0 unspecified atom stereocenters. The van der Waals surface area contributed by atoms with Crippen LogP contribution in [0.1, 0.15) is 29.0 Å². The van der Waals surface area contributed by atoms with Crippen LogP contribution in [0.15, 0.2) is 35.8 Å². The highest BCUT2D eigenvalue weighted by molar-refractivity contribution is 7.09. The molecule has 22 heavy (non-hydrogen) atoms. The van der Waals surface area contributed by atoms with Crippen molar-refractivity contribution in [2.45, 2.75) is 32.6 Å². The second-order valence-electron chi connectivity index (χ2n) is 6.05. The molecule has 2 aromatic rings. The highest BCUT2D eigenvalue weighted by atomic mass is 32.1. The number of piperidine rings is 1. The SMILES string of the molecule is Cc1ncsc1CC(=O)N1CCC(Cc2ccccc2)CC1. The van der Waals surface area contributed by atoms with Gasteiger partial charge in [0.15, 0.2) is 0 Å². The molecule has 3 nitrogen and oxygen atoms in total. The number of amides is 1. The van der Waals surface area contributed by atoms with E-state index >= 15 is 0 Å². The molecular formula is C18H22N2OS. The van der Waals surface area contributed by atoms with Gasteiger partial charge in [-0.25, -0.2) is 4.98 Å². The molecule has 0 spiro atoms. The van der Waals surface area contributed by atoms with Crippen LogP contribution in [0.5, 0.6) is 0 Å². The van der Waals surface area contributed by atoms with Gasteiger partial charge >= 0.3 is 0 Å². The van der Waals surface area contributed by atoms with Gasteiger partial charge in [-0.15, -0.1) is 11.3 Å². The zero-order valence-electron chi connectivity index (χ0n) is 13.0. The predicted octanol–water partition coefficient (Wildman–Crippen LogP) is 3.48. The van der Waals surface area contributed by atoms with Crippen molar-refractivity contribution in [3.05, 3.63) is 52.0 Å². The van der Waals surface area contributed by atoms with E-state index in [9.17, 15) is 4.79 Å². The van der Waals surface area contributed by atoms with Gasteiger partial charge in [-0.3, -0.25) is 4.79 Å². The van der Waals surface area contributed by atoms with Gasteiger partial charge in [0, 0.05) is 18.0 Å². The molecule has 3 rings (SSSR count). The molecule has 0 N–H and O–H groups in total. The average molecular weight is 314 g/mol. The zero-order chi connectivity index (χ0) is 15.4. The number of benzene rings is 1. The van der Waals surface area contributed by atoms with Crippen LogP contribution in [0.25, 0.3) is 0 Å². The molecule has 1 fully saturated rings. The van der Waals surface area contributed by atoms with E-state index in [4.69, 9.17) is 0 Å². The largest absolute Gasteiger partial charge is 0.342 e. The number of carbonyl (C=O) groups excluding carboxylic acids is 1. The molecular weight excluding hydrogens is 292 g/mol. The number of rotatable bonds is 4. The molecule has 0 saturated carbocycles. The normalized spacial score (nSPS) is 16.0. The summed E-state index contributed by atoms with van der Waals surface area (Å²) in [6.45, 7) is 3.77. The fourth-order valence-corrected chi connectivity index (χ4v) is 3.85. The minimum absolute atomic E-state index is 0.255. The standard InChI is InChI=1S/C18H22N2OS/c1-14-17(22-13-19-14)12-18(21)20-9-7-16(8-10-20)11-15-5-3-2-4-6-15/h2-6,13,16H,7-12H2,1H3. The van der Waals surface area contributed by atoms with E-state index in [0.717, 1.165) is 42.9 Å². The summed E-state index contributed by atoms with van der Waals surface area (Å²) < 4.78 is 0. The van der Waals surface area contributed by atoms with Crippen LogP contribution < -0.4 is 0 Å². The van der Waals surface area contributed by atoms with Crippen LogP contribution in [0.3, 0.4) is 0 Å². The first-order chi connectivity index (χ1) is 10.7. The molecule has 1 aromatic heterocycles. The lowest BCUT2D eigenvalue weighted by Crippen LogP contribution is -2.39. The summed E-state index contributed by atoms with van der Waals surface area (Å²) in [5, 5.41) is 0. The van der Waals surface area contributed by atoms with Crippen molar-refractivity contribution in [3.8, 4) is 0 Å². The Bertz CT molecular complexity index is 615. The lowest BCUT2D eigenvalue weighted by molar-refractivity contribution is -0.131. The number of nitrogens with zero attached hydrogens (tertiary/aromatic N) is 2. The highest BCUT2D eigenvalue weighted by Crippen LogP contribution is 2.23. The molecule has 0 bridgehead atoms. The zero-order valence-corrected chi connectivity index (χ0v) is 13.8. The fraction of sp³-hybridized carbons (Fsp3) is 0.444. The monoisotopic (exact) mass is 314 g/mol. The van der Waals surface area contributed by atoms with Gasteiger partial charge in [0.1, 0.15) is 0 Å². The number of hydrogen-bond donors (Lipinski definition) is 0. The third kappa shape index (κ3) is 3.74. The maximum absolute atomic E-state index is 12.4. The first kappa shape index (κ1) is 15.2. The molecule has 0 radical (unpaired) electrons. The Kier molecular flexibility index (Phi) is 4.88. The predicted molar refractivity (Wildman–Crippen MR) is 90.0 cm³/mol. The molecule has 0 atom stereocenters. The molecule has 116 valence electrons. The number of likely N-dealkylation sites (tertiary alicyclic amines) is 1. The molecule has 1 saturated heterocycles. The first-order valence-corrected chi connectivity index (χ1v) is 8.81. The van der Waals surface area contributed by atoms with Crippen molar-refractivity contribution in [1.82, 2.24) is 9.88 Å². The second kappa shape index (κ2) is 7.05. The topological polar surface area (TPSA) is 33.2 Å². The van der Waals surface area contributed by atoms with Crippen molar-refractivity contribution >= 4 is 17.2 Å². The molecule has 2 heterocycles. The Balaban J connectivity index is 1.49. The number of aromatic nitrogens is 1. The van der Waals surface area contributed by atoms with E-state index in [2.05, 4.69) is 35.3 Å². The van der Waals surface area contributed by atoms with E-state index < -0.39 is 0 Å². The Hall–Kier alpha value is -1.68. The van der Waals surface area contributed by atoms with Gasteiger partial charge < -0.3 is 4.90 Å².